The number of piperazine rings is 1. The van der Waals surface area contributed by atoms with Crippen LogP contribution in [-0.2, 0) is 0 Å². The molecule has 1 N–H and O–H groups in total. The molecule has 2 rings (SSSR count). The normalized spacial score (nSPS) is 26.9. The van der Waals surface area contributed by atoms with E-state index in [0.717, 1.165) is 0 Å². The highest BCUT2D eigenvalue weighted by molar-refractivity contribution is 4.93. The van der Waals surface area contributed by atoms with E-state index in [4.69, 9.17) is 0 Å². The molecule has 0 aromatic heterocycles. The molecule has 1 saturated carbocycles. The van der Waals surface area contributed by atoms with Crippen LogP contribution in [0.3, 0.4) is 0 Å². The van der Waals surface area contributed by atoms with Gasteiger partial charge >= 0.3 is 0 Å². The zero-order chi connectivity index (χ0) is 15.3. The first-order chi connectivity index (χ1) is 9.97. The smallest absolute Gasteiger partial charge is 0.0277 e. The molecular weight excluding hydrogens is 258 g/mol. The van der Waals surface area contributed by atoms with Crippen molar-refractivity contribution in [1.82, 2.24) is 15.1 Å². The first-order valence-electron chi connectivity index (χ1n) is 9.12. The van der Waals surface area contributed by atoms with Crippen LogP contribution in [0.25, 0.3) is 0 Å². The van der Waals surface area contributed by atoms with Crippen LogP contribution in [-0.4, -0.2) is 61.7 Å². The summed E-state index contributed by atoms with van der Waals surface area (Å²) in [5, 5.41) is 3.73. The quantitative estimate of drug-likeness (QED) is 0.760. The highest BCUT2D eigenvalue weighted by Gasteiger charge is 2.37. The minimum atomic E-state index is 0.324. The first-order valence-corrected chi connectivity index (χ1v) is 9.12. The summed E-state index contributed by atoms with van der Waals surface area (Å²) in [6.07, 6.45) is 8.42. The van der Waals surface area contributed by atoms with E-state index in [1.165, 1.54) is 77.8 Å². The Kier molecular flexibility index (Phi) is 6.10. The zero-order valence-corrected chi connectivity index (χ0v) is 14.9. The van der Waals surface area contributed by atoms with Crippen LogP contribution in [0.2, 0.25) is 0 Å². The van der Waals surface area contributed by atoms with Gasteiger partial charge in [-0.15, -0.1) is 0 Å². The lowest BCUT2D eigenvalue weighted by Crippen LogP contribution is -2.60. The Balaban J connectivity index is 1.94. The van der Waals surface area contributed by atoms with Crippen LogP contribution in [0.5, 0.6) is 0 Å². The third-order valence-electron chi connectivity index (χ3n) is 5.80. The van der Waals surface area contributed by atoms with Crippen LogP contribution < -0.4 is 5.32 Å². The van der Waals surface area contributed by atoms with E-state index >= 15 is 0 Å². The maximum Gasteiger partial charge on any atom is 0.0277 e. The van der Waals surface area contributed by atoms with Crippen LogP contribution in [0, 0.1) is 5.41 Å². The van der Waals surface area contributed by atoms with Crippen molar-refractivity contribution in [3.05, 3.63) is 0 Å². The molecule has 0 radical (unpaired) electrons. The SMILES string of the molecule is CCCNCC1(CN2CCN(C)C(C)(C)C2)CCCCC1. The second-order valence-corrected chi connectivity index (χ2v) is 8.18. The number of hydrogen-bond donors (Lipinski definition) is 1. The molecule has 1 heterocycles. The Bertz CT molecular complexity index is 308. The predicted molar refractivity (Wildman–Crippen MR) is 91.8 cm³/mol. The van der Waals surface area contributed by atoms with Crippen LogP contribution >= 0.6 is 0 Å². The van der Waals surface area contributed by atoms with Gasteiger partial charge in [0.25, 0.3) is 0 Å². The maximum absolute atomic E-state index is 3.73. The van der Waals surface area contributed by atoms with E-state index in [2.05, 4.69) is 42.9 Å². The topological polar surface area (TPSA) is 18.5 Å². The van der Waals surface area contributed by atoms with Crippen LogP contribution in [0.1, 0.15) is 59.3 Å². The minimum absolute atomic E-state index is 0.324. The van der Waals surface area contributed by atoms with Gasteiger partial charge in [-0.1, -0.05) is 26.2 Å². The summed E-state index contributed by atoms with van der Waals surface area (Å²) in [5.41, 5.74) is 0.865. The summed E-state index contributed by atoms with van der Waals surface area (Å²) in [6.45, 7) is 14.4. The van der Waals surface area contributed by atoms with E-state index < -0.39 is 0 Å². The van der Waals surface area contributed by atoms with Gasteiger partial charge in [0.1, 0.15) is 0 Å². The van der Waals surface area contributed by atoms with Gasteiger partial charge in [0.15, 0.2) is 0 Å². The van der Waals surface area contributed by atoms with Gasteiger partial charge in [-0.25, -0.2) is 0 Å². The third kappa shape index (κ3) is 4.67. The van der Waals surface area contributed by atoms with E-state index in [1.54, 1.807) is 0 Å². The second-order valence-electron chi connectivity index (χ2n) is 8.18. The fourth-order valence-electron chi connectivity index (χ4n) is 4.17. The standard InChI is InChI=1S/C18H37N3/c1-5-11-19-14-18(9-7-6-8-10-18)16-21-13-12-20(4)17(2,3)15-21/h19H,5-16H2,1-4H3. The van der Waals surface area contributed by atoms with Crippen molar-refractivity contribution in [2.45, 2.75) is 64.8 Å². The van der Waals surface area contributed by atoms with Crippen molar-refractivity contribution in [1.29, 1.82) is 0 Å². The van der Waals surface area contributed by atoms with E-state index in [-0.39, 0.29) is 0 Å². The van der Waals surface area contributed by atoms with E-state index in [0.29, 0.717) is 11.0 Å². The number of likely N-dealkylation sites (N-methyl/N-ethyl adjacent to an activating group) is 1. The highest BCUT2D eigenvalue weighted by atomic mass is 15.3. The molecule has 0 atom stereocenters. The van der Waals surface area contributed by atoms with Crippen molar-refractivity contribution in [2.75, 3.05) is 46.3 Å². The molecule has 2 fully saturated rings. The highest BCUT2D eigenvalue weighted by Crippen LogP contribution is 2.37. The number of nitrogens with zero attached hydrogens (tertiary/aromatic N) is 2. The third-order valence-corrected chi connectivity index (χ3v) is 5.80. The molecule has 21 heavy (non-hydrogen) atoms. The zero-order valence-electron chi connectivity index (χ0n) is 14.9. The summed E-state index contributed by atoms with van der Waals surface area (Å²) in [4.78, 5) is 5.27. The average Bonchev–Trinajstić information content (AvgIpc) is 2.44. The monoisotopic (exact) mass is 295 g/mol. The molecule has 0 unspecified atom stereocenters. The molecule has 1 aliphatic heterocycles. The molecule has 2 aliphatic rings. The maximum atomic E-state index is 3.73. The predicted octanol–water partition coefficient (Wildman–Crippen LogP) is 2.96. The number of rotatable bonds is 6. The number of hydrogen-bond acceptors (Lipinski definition) is 3. The summed E-state index contributed by atoms with van der Waals surface area (Å²) in [5.74, 6) is 0. The minimum Gasteiger partial charge on any atom is -0.316 e. The molecule has 1 saturated heterocycles. The molecule has 3 nitrogen and oxygen atoms in total. The Labute approximate surface area is 132 Å². The number of nitrogens with one attached hydrogen (secondary N) is 1. The van der Waals surface area contributed by atoms with Crippen molar-refractivity contribution in [3.63, 3.8) is 0 Å². The molecule has 3 heteroatoms. The lowest BCUT2D eigenvalue weighted by molar-refractivity contribution is 0.00662. The molecular formula is C18H37N3. The van der Waals surface area contributed by atoms with Crippen molar-refractivity contribution in [2.24, 2.45) is 5.41 Å². The Morgan fingerprint density at radius 1 is 1.05 bits per heavy atom. The van der Waals surface area contributed by atoms with Gasteiger partial charge < -0.3 is 5.32 Å². The fourth-order valence-corrected chi connectivity index (χ4v) is 4.17. The van der Waals surface area contributed by atoms with Crippen molar-refractivity contribution in [3.8, 4) is 0 Å². The lowest BCUT2D eigenvalue weighted by Gasteiger charge is -2.49. The Morgan fingerprint density at radius 2 is 1.76 bits per heavy atom. The molecule has 0 aromatic carbocycles. The average molecular weight is 296 g/mol. The van der Waals surface area contributed by atoms with Crippen molar-refractivity contribution < 1.29 is 0 Å². The van der Waals surface area contributed by atoms with Gasteiger partial charge in [-0.3, -0.25) is 9.80 Å². The lowest BCUT2D eigenvalue weighted by atomic mass is 9.73. The summed E-state index contributed by atoms with van der Waals surface area (Å²) in [6, 6.07) is 0. The van der Waals surface area contributed by atoms with E-state index in [9.17, 15) is 0 Å². The fraction of sp³-hybridized carbons (Fsp3) is 1.00. The van der Waals surface area contributed by atoms with Crippen LogP contribution in [0.4, 0.5) is 0 Å². The molecule has 124 valence electrons. The largest absolute Gasteiger partial charge is 0.316 e. The summed E-state index contributed by atoms with van der Waals surface area (Å²) >= 11 is 0. The first kappa shape index (κ1) is 17.2. The van der Waals surface area contributed by atoms with Crippen molar-refractivity contribution >= 4 is 0 Å². The van der Waals surface area contributed by atoms with Gasteiger partial charge in [-0.05, 0) is 52.1 Å². The van der Waals surface area contributed by atoms with E-state index in [1.807, 2.05) is 0 Å². The Hall–Kier alpha value is -0.120. The van der Waals surface area contributed by atoms with Gasteiger partial charge in [-0.2, -0.15) is 0 Å². The summed E-state index contributed by atoms with van der Waals surface area (Å²) in [7, 11) is 2.27. The van der Waals surface area contributed by atoms with Gasteiger partial charge in [0.05, 0.1) is 0 Å². The molecule has 0 spiro atoms. The molecule has 0 amide bonds. The Morgan fingerprint density at radius 3 is 2.38 bits per heavy atom. The van der Waals surface area contributed by atoms with Gasteiger partial charge in [0, 0.05) is 38.3 Å². The van der Waals surface area contributed by atoms with Crippen LogP contribution in [0.15, 0.2) is 0 Å². The summed E-state index contributed by atoms with van der Waals surface area (Å²) < 4.78 is 0. The second kappa shape index (κ2) is 7.43. The molecule has 1 aliphatic carbocycles. The molecule has 0 bridgehead atoms. The molecule has 0 aromatic rings. The van der Waals surface area contributed by atoms with Gasteiger partial charge in [0.2, 0.25) is 0 Å².